The van der Waals surface area contributed by atoms with Gasteiger partial charge < -0.3 is 14.6 Å². The van der Waals surface area contributed by atoms with Gasteiger partial charge in [-0.3, -0.25) is 4.79 Å². The fourth-order valence-corrected chi connectivity index (χ4v) is 3.86. The maximum absolute atomic E-state index is 13.1. The lowest BCUT2D eigenvalue weighted by molar-refractivity contribution is -0.158. The smallest absolute Gasteiger partial charge is 0.416 e. The van der Waals surface area contributed by atoms with Gasteiger partial charge in [-0.2, -0.15) is 13.2 Å². The first-order valence-corrected chi connectivity index (χ1v) is 10.3. The number of hydrogen-bond acceptors (Lipinski definition) is 5. The maximum atomic E-state index is 13.1. The number of aryl methyl sites for hydroxylation is 1. The molecule has 0 bridgehead atoms. The molecule has 32 heavy (non-hydrogen) atoms. The molecule has 1 aliphatic rings. The van der Waals surface area contributed by atoms with E-state index in [0.29, 0.717) is 18.1 Å². The molecule has 0 spiro atoms. The maximum Gasteiger partial charge on any atom is 0.416 e. The van der Waals surface area contributed by atoms with Crippen molar-refractivity contribution in [3.8, 4) is 11.6 Å². The molecule has 1 aromatic heterocycles. The number of benzene rings is 1. The van der Waals surface area contributed by atoms with E-state index in [2.05, 4.69) is 4.98 Å². The lowest BCUT2D eigenvalue weighted by Crippen LogP contribution is -2.49. The molecule has 172 valence electrons. The first-order valence-electron chi connectivity index (χ1n) is 9.90. The van der Waals surface area contributed by atoms with Crippen molar-refractivity contribution in [1.29, 1.82) is 0 Å². The van der Waals surface area contributed by atoms with Crippen molar-refractivity contribution in [2.45, 2.75) is 58.4 Å². The Kier molecular flexibility index (Phi) is 6.08. The highest BCUT2D eigenvalue weighted by atomic mass is 35.5. The van der Waals surface area contributed by atoms with Crippen LogP contribution in [0.15, 0.2) is 36.1 Å². The first kappa shape index (κ1) is 24.1. The molecule has 1 aromatic carbocycles. The molecule has 0 saturated carbocycles. The summed E-state index contributed by atoms with van der Waals surface area (Å²) in [5, 5.41) is 10.5. The van der Waals surface area contributed by atoms with E-state index in [1.54, 1.807) is 39.8 Å². The third-order valence-corrected chi connectivity index (χ3v) is 5.34. The second kappa shape index (κ2) is 8.08. The van der Waals surface area contributed by atoms with Crippen LogP contribution in [0.3, 0.4) is 0 Å². The summed E-state index contributed by atoms with van der Waals surface area (Å²) in [5.41, 5.74) is -2.07. The molecule has 0 atom stereocenters. The second-order valence-corrected chi connectivity index (χ2v) is 8.85. The second-order valence-electron chi connectivity index (χ2n) is 8.46. The summed E-state index contributed by atoms with van der Waals surface area (Å²) in [6.07, 6.45) is -4.08. The number of alkyl halides is 3. The summed E-state index contributed by atoms with van der Waals surface area (Å²) in [7, 11) is 0. The zero-order valence-corrected chi connectivity index (χ0v) is 19.0. The van der Waals surface area contributed by atoms with Crippen molar-refractivity contribution in [1.82, 2.24) is 4.98 Å². The molecule has 2 heterocycles. The van der Waals surface area contributed by atoms with Crippen LogP contribution in [-0.4, -0.2) is 27.1 Å². The summed E-state index contributed by atoms with van der Waals surface area (Å²) < 4.78 is 50.6. The number of pyridine rings is 1. The van der Waals surface area contributed by atoms with Crippen LogP contribution in [0.4, 0.5) is 13.2 Å². The number of aliphatic hydroxyl groups excluding tert-OH is 1. The van der Waals surface area contributed by atoms with Gasteiger partial charge in [-0.15, -0.1) is 0 Å². The highest BCUT2D eigenvalue weighted by Gasteiger charge is 2.47. The van der Waals surface area contributed by atoms with Crippen LogP contribution in [0.2, 0.25) is 5.15 Å². The molecule has 0 unspecified atom stereocenters. The van der Waals surface area contributed by atoms with Crippen molar-refractivity contribution in [3.63, 3.8) is 0 Å². The number of carbonyl (C=O) groups excluding carboxylic acids is 1. The summed E-state index contributed by atoms with van der Waals surface area (Å²) >= 11 is 5.73. The van der Waals surface area contributed by atoms with Crippen molar-refractivity contribution in [3.05, 3.63) is 57.9 Å². The third-order valence-electron chi connectivity index (χ3n) is 5.14. The monoisotopic (exact) mass is 469 g/mol. The molecule has 0 saturated heterocycles. The van der Waals surface area contributed by atoms with E-state index in [-0.39, 0.29) is 28.1 Å². The Morgan fingerprint density at radius 1 is 1.12 bits per heavy atom. The summed E-state index contributed by atoms with van der Waals surface area (Å²) in [5.74, 6) is -0.859. The van der Waals surface area contributed by atoms with Crippen molar-refractivity contribution in [2.24, 2.45) is 0 Å². The molecule has 5 nitrogen and oxygen atoms in total. The van der Waals surface area contributed by atoms with Gasteiger partial charge in [0.1, 0.15) is 27.9 Å². The standard InChI is InChI=1S/C23H23ClF3NO4/c1-6-12-7-8-14(31-17-10-13(23(25,26)27)9-16(24)28-17)11-15(12)18-19(29)21(2,3)32-22(4,5)20(18)30/h7-11,29H,6H2,1-5H3. The molecule has 3 rings (SSSR count). The summed E-state index contributed by atoms with van der Waals surface area (Å²) in [4.78, 5) is 16.9. The average Bonchev–Trinajstić information content (AvgIpc) is 2.65. The van der Waals surface area contributed by atoms with Crippen LogP contribution in [0.25, 0.3) is 5.57 Å². The Labute approximate surface area is 188 Å². The average molecular weight is 470 g/mol. The highest BCUT2D eigenvalue weighted by molar-refractivity contribution is 6.29. The van der Waals surface area contributed by atoms with E-state index in [9.17, 15) is 23.1 Å². The molecule has 1 aliphatic heterocycles. The third kappa shape index (κ3) is 4.61. The number of ether oxygens (including phenoxy) is 2. The van der Waals surface area contributed by atoms with Gasteiger partial charge in [0.2, 0.25) is 5.88 Å². The normalized spacial score (nSPS) is 18.1. The number of rotatable bonds is 4. The predicted molar refractivity (Wildman–Crippen MR) is 114 cm³/mol. The van der Waals surface area contributed by atoms with E-state index in [0.717, 1.165) is 11.6 Å². The van der Waals surface area contributed by atoms with Gasteiger partial charge in [0.05, 0.1) is 11.1 Å². The number of aliphatic hydroxyl groups is 1. The lowest BCUT2D eigenvalue weighted by atomic mass is 9.81. The highest BCUT2D eigenvalue weighted by Crippen LogP contribution is 2.42. The van der Waals surface area contributed by atoms with Crippen LogP contribution in [0.5, 0.6) is 11.6 Å². The van der Waals surface area contributed by atoms with Gasteiger partial charge in [-0.25, -0.2) is 4.98 Å². The first-order chi connectivity index (χ1) is 14.7. The van der Waals surface area contributed by atoms with Crippen LogP contribution >= 0.6 is 11.6 Å². The SMILES string of the molecule is CCc1ccc(Oc2cc(C(F)(F)F)cc(Cl)n2)cc1C1=C(O)C(C)(C)OC(C)(C)C1=O. The fraction of sp³-hybridized carbons (Fsp3) is 0.391. The Morgan fingerprint density at radius 3 is 2.38 bits per heavy atom. The van der Waals surface area contributed by atoms with E-state index in [1.165, 1.54) is 6.07 Å². The van der Waals surface area contributed by atoms with Crippen molar-refractivity contribution in [2.75, 3.05) is 0 Å². The van der Waals surface area contributed by atoms with E-state index >= 15 is 0 Å². The number of nitrogens with zero attached hydrogens (tertiary/aromatic N) is 1. The summed E-state index contributed by atoms with van der Waals surface area (Å²) in [6.45, 7) is 8.41. The fourth-order valence-electron chi connectivity index (χ4n) is 3.66. The molecular weight excluding hydrogens is 447 g/mol. The van der Waals surface area contributed by atoms with Gasteiger partial charge in [-0.05, 0) is 63.4 Å². The molecular formula is C23H23ClF3NO4. The van der Waals surface area contributed by atoms with Gasteiger partial charge in [0.25, 0.3) is 0 Å². The van der Waals surface area contributed by atoms with E-state index in [1.807, 2.05) is 6.92 Å². The van der Waals surface area contributed by atoms with Gasteiger partial charge >= 0.3 is 6.18 Å². The van der Waals surface area contributed by atoms with E-state index < -0.39 is 28.7 Å². The molecule has 9 heteroatoms. The van der Waals surface area contributed by atoms with Crippen LogP contribution in [0, 0.1) is 0 Å². The lowest BCUT2D eigenvalue weighted by Gasteiger charge is -2.40. The minimum atomic E-state index is -4.62. The summed E-state index contributed by atoms with van der Waals surface area (Å²) in [6, 6.07) is 6.17. The number of halogens is 4. The number of ketones is 1. The predicted octanol–water partition coefficient (Wildman–Crippen LogP) is 6.53. The van der Waals surface area contributed by atoms with Gasteiger partial charge in [-0.1, -0.05) is 24.6 Å². The number of carbonyl (C=O) groups is 1. The quantitative estimate of drug-likeness (QED) is 0.515. The Balaban J connectivity index is 2.12. The zero-order chi connectivity index (χ0) is 24.1. The minimum Gasteiger partial charge on any atom is -0.508 e. The number of aromatic nitrogens is 1. The molecule has 2 aromatic rings. The Morgan fingerprint density at radius 2 is 1.78 bits per heavy atom. The molecule has 1 N–H and O–H groups in total. The molecule has 0 amide bonds. The molecule has 0 radical (unpaired) electrons. The molecule has 0 fully saturated rings. The Hall–Kier alpha value is -2.58. The van der Waals surface area contributed by atoms with Crippen molar-refractivity contribution < 1.29 is 32.5 Å². The van der Waals surface area contributed by atoms with Gasteiger partial charge in [0.15, 0.2) is 5.78 Å². The minimum absolute atomic E-state index is 0.0867. The largest absolute Gasteiger partial charge is 0.508 e. The number of hydrogen-bond donors (Lipinski definition) is 1. The van der Waals surface area contributed by atoms with Crippen LogP contribution in [0.1, 0.15) is 51.3 Å². The van der Waals surface area contributed by atoms with Gasteiger partial charge in [0, 0.05) is 6.07 Å². The number of Topliss-reactive ketones (excluding diaryl/α,β-unsaturated/α-hetero) is 1. The van der Waals surface area contributed by atoms with Crippen molar-refractivity contribution >= 4 is 23.0 Å². The van der Waals surface area contributed by atoms with Crippen LogP contribution in [-0.2, 0) is 22.1 Å². The zero-order valence-electron chi connectivity index (χ0n) is 18.2. The van der Waals surface area contributed by atoms with E-state index in [4.69, 9.17) is 21.1 Å². The molecule has 0 aliphatic carbocycles. The van der Waals surface area contributed by atoms with Crippen LogP contribution < -0.4 is 4.74 Å². The topological polar surface area (TPSA) is 68.7 Å². The Bertz CT molecular complexity index is 1110.